The number of anilines is 1. The number of ketones is 1. The van der Waals surface area contributed by atoms with Crippen LogP contribution in [0.25, 0.3) is 16.6 Å². The largest absolute Gasteiger partial charge is 0.436 e. The highest BCUT2D eigenvalue weighted by molar-refractivity contribution is 6.13. The Morgan fingerprint density at radius 3 is 2.62 bits per heavy atom. The summed E-state index contributed by atoms with van der Waals surface area (Å²) in [6, 6.07) is 16.2. The minimum absolute atomic E-state index is 0.0557. The van der Waals surface area contributed by atoms with Gasteiger partial charge in [0.05, 0.1) is 42.6 Å². The molecule has 1 aliphatic rings. The molecule has 3 N–H and O–H groups in total. The summed E-state index contributed by atoms with van der Waals surface area (Å²) in [5.41, 5.74) is 8.58. The molecule has 1 aliphatic heterocycles. The van der Waals surface area contributed by atoms with E-state index in [4.69, 9.17) is 15.2 Å². The number of hydrogen-bond acceptors (Lipinski definition) is 7. The molecule has 0 spiro atoms. The Kier molecular flexibility index (Phi) is 6.25. The lowest BCUT2D eigenvalue weighted by molar-refractivity contribution is 0.0303. The van der Waals surface area contributed by atoms with Crippen LogP contribution in [0.15, 0.2) is 73.1 Å². The first-order chi connectivity index (χ1) is 19.0. The fourth-order valence-electron chi connectivity index (χ4n) is 4.42. The van der Waals surface area contributed by atoms with Crippen molar-refractivity contribution < 1.29 is 23.5 Å². The molecule has 4 heterocycles. The molecule has 5 aromatic rings. The van der Waals surface area contributed by atoms with E-state index in [0.717, 1.165) is 10.9 Å². The number of aromatic nitrogens is 4. The molecule has 39 heavy (non-hydrogen) atoms. The number of carbonyl (C=O) groups is 2. The molecule has 11 heteroatoms. The zero-order valence-electron chi connectivity index (χ0n) is 20.6. The van der Waals surface area contributed by atoms with Crippen LogP contribution in [0, 0.1) is 5.82 Å². The minimum atomic E-state index is -0.500. The average Bonchev–Trinajstić information content (AvgIpc) is 3.57. The quantitative estimate of drug-likeness (QED) is 0.321. The summed E-state index contributed by atoms with van der Waals surface area (Å²) >= 11 is 0. The number of nitrogens with one attached hydrogen (secondary N) is 1. The van der Waals surface area contributed by atoms with Gasteiger partial charge in [-0.2, -0.15) is 5.10 Å². The second-order valence-electron chi connectivity index (χ2n) is 8.96. The van der Waals surface area contributed by atoms with Gasteiger partial charge in [-0.25, -0.2) is 14.1 Å². The van der Waals surface area contributed by atoms with Gasteiger partial charge in [0.15, 0.2) is 11.6 Å². The number of nitrogens with zero attached hydrogens (tertiary/aromatic N) is 4. The van der Waals surface area contributed by atoms with Gasteiger partial charge < -0.3 is 25.1 Å². The predicted octanol–water partition coefficient (Wildman–Crippen LogP) is 3.97. The molecule has 0 saturated carbocycles. The Hall–Kier alpha value is -5.03. The topological polar surface area (TPSA) is 128 Å². The number of aromatic amines is 1. The highest BCUT2D eigenvalue weighted by Gasteiger charge is 2.22. The van der Waals surface area contributed by atoms with Crippen LogP contribution in [-0.4, -0.2) is 62.6 Å². The number of nitrogens with two attached hydrogens (primary N) is 1. The van der Waals surface area contributed by atoms with Crippen molar-refractivity contribution in [3.8, 4) is 17.3 Å². The molecule has 0 aliphatic carbocycles. The number of halogens is 1. The predicted molar refractivity (Wildman–Crippen MR) is 141 cm³/mol. The lowest BCUT2D eigenvalue weighted by Crippen LogP contribution is -2.40. The molecular weight excluding hydrogens is 503 g/mol. The Morgan fingerprint density at radius 2 is 1.85 bits per heavy atom. The van der Waals surface area contributed by atoms with Gasteiger partial charge >= 0.3 is 0 Å². The summed E-state index contributed by atoms with van der Waals surface area (Å²) in [5, 5.41) is 4.99. The van der Waals surface area contributed by atoms with Gasteiger partial charge in [-0.3, -0.25) is 9.59 Å². The molecule has 196 valence electrons. The number of ether oxygens (including phenoxy) is 2. The van der Waals surface area contributed by atoms with Gasteiger partial charge in [0.25, 0.3) is 5.91 Å². The van der Waals surface area contributed by atoms with Gasteiger partial charge in [-0.1, -0.05) is 12.1 Å². The number of carbonyl (C=O) groups excluding carboxylic acids is 2. The van der Waals surface area contributed by atoms with E-state index in [1.807, 2.05) is 0 Å². The van der Waals surface area contributed by atoms with Crippen LogP contribution in [-0.2, 0) is 4.74 Å². The molecule has 1 saturated heterocycles. The van der Waals surface area contributed by atoms with Crippen LogP contribution >= 0.6 is 0 Å². The maximum Gasteiger partial charge on any atom is 0.254 e. The van der Waals surface area contributed by atoms with Crippen molar-refractivity contribution >= 4 is 28.4 Å². The van der Waals surface area contributed by atoms with E-state index in [9.17, 15) is 14.0 Å². The molecule has 0 atom stereocenters. The zero-order chi connectivity index (χ0) is 26.9. The second-order valence-corrected chi connectivity index (χ2v) is 8.96. The molecule has 1 amide bonds. The number of amides is 1. The van der Waals surface area contributed by atoms with E-state index < -0.39 is 5.82 Å². The summed E-state index contributed by atoms with van der Waals surface area (Å²) in [6.45, 7) is 2.14. The first-order valence-corrected chi connectivity index (χ1v) is 12.2. The van der Waals surface area contributed by atoms with E-state index in [1.54, 1.807) is 53.4 Å². The molecule has 0 bridgehead atoms. The van der Waals surface area contributed by atoms with Gasteiger partial charge in [-0.05, 0) is 42.5 Å². The molecule has 10 nitrogen and oxygen atoms in total. The monoisotopic (exact) mass is 526 g/mol. The van der Waals surface area contributed by atoms with Crippen molar-refractivity contribution in [1.29, 1.82) is 0 Å². The Balaban J connectivity index is 1.21. The molecular formula is C28H23FN6O4. The van der Waals surface area contributed by atoms with Crippen molar-refractivity contribution in [2.75, 3.05) is 32.0 Å². The number of nitrogen functional groups attached to an aromatic ring is 1. The van der Waals surface area contributed by atoms with Gasteiger partial charge in [0.2, 0.25) is 11.7 Å². The smallest absolute Gasteiger partial charge is 0.254 e. The number of benzene rings is 2. The lowest BCUT2D eigenvalue weighted by Gasteiger charge is -2.26. The number of morpholine rings is 1. The minimum Gasteiger partial charge on any atom is -0.436 e. The SMILES string of the molecule is Nc1c(C(=O)c2cc3cc(C(=O)N4CCOCC4)ccc3[nH]2)cnn1-c1ccc(Oc2ccccc2F)nc1. The van der Waals surface area contributed by atoms with Crippen LogP contribution in [0.5, 0.6) is 11.6 Å². The zero-order valence-corrected chi connectivity index (χ0v) is 20.6. The fraction of sp³-hybridized carbons (Fsp3) is 0.143. The summed E-state index contributed by atoms with van der Waals surface area (Å²) in [4.78, 5) is 35.2. The van der Waals surface area contributed by atoms with E-state index >= 15 is 0 Å². The third kappa shape index (κ3) is 4.71. The first-order valence-electron chi connectivity index (χ1n) is 12.2. The van der Waals surface area contributed by atoms with Crippen LogP contribution in [0.1, 0.15) is 26.4 Å². The summed E-state index contributed by atoms with van der Waals surface area (Å²) in [5.74, 6) is -0.538. The number of hydrogen-bond donors (Lipinski definition) is 2. The standard InChI is InChI=1S/C28H23FN6O4/c29-21-3-1-2-4-24(21)39-25-8-6-19(15-31-25)35-27(30)20(16-32-35)26(36)23-14-18-13-17(5-7-22(18)33-23)28(37)34-9-11-38-12-10-34/h1-8,13-16,33H,9-12,30H2. The Labute approximate surface area is 221 Å². The lowest BCUT2D eigenvalue weighted by atomic mass is 10.1. The van der Waals surface area contributed by atoms with Gasteiger partial charge in [-0.15, -0.1) is 0 Å². The van der Waals surface area contributed by atoms with Crippen LogP contribution in [0.2, 0.25) is 0 Å². The summed E-state index contributed by atoms with van der Waals surface area (Å²) in [7, 11) is 0. The molecule has 2 aromatic carbocycles. The number of pyridine rings is 1. The van der Waals surface area contributed by atoms with Crippen molar-refractivity contribution in [1.82, 2.24) is 24.6 Å². The number of H-pyrrole nitrogens is 1. The number of fused-ring (bicyclic) bond motifs is 1. The van der Waals surface area contributed by atoms with E-state index in [2.05, 4.69) is 15.1 Å². The van der Waals surface area contributed by atoms with Crippen LogP contribution in [0.4, 0.5) is 10.2 Å². The third-order valence-electron chi connectivity index (χ3n) is 6.48. The van der Waals surface area contributed by atoms with Crippen molar-refractivity contribution in [2.24, 2.45) is 0 Å². The number of para-hydroxylation sites is 1. The molecule has 1 fully saturated rings. The van der Waals surface area contributed by atoms with Gasteiger partial charge in [0.1, 0.15) is 5.82 Å². The maximum absolute atomic E-state index is 13.9. The highest BCUT2D eigenvalue weighted by Crippen LogP contribution is 2.26. The fourth-order valence-corrected chi connectivity index (χ4v) is 4.42. The van der Waals surface area contributed by atoms with Crippen LogP contribution < -0.4 is 10.5 Å². The Bertz CT molecular complexity index is 1690. The van der Waals surface area contributed by atoms with Gasteiger partial charge in [0, 0.05) is 35.6 Å². The van der Waals surface area contributed by atoms with Crippen molar-refractivity contribution in [3.05, 3.63) is 95.7 Å². The molecule has 3 aromatic heterocycles. The molecule has 6 rings (SSSR count). The third-order valence-corrected chi connectivity index (χ3v) is 6.48. The first kappa shape index (κ1) is 24.3. The highest BCUT2D eigenvalue weighted by atomic mass is 19.1. The van der Waals surface area contributed by atoms with E-state index in [1.165, 1.54) is 29.2 Å². The Morgan fingerprint density at radius 1 is 1.03 bits per heavy atom. The van der Waals surface area contributed by atoms with Crippen molar-refractivity contribution in [3.63, 3.8) is 0 Å². The number of rotatable bonds is 6. The molecule has 0 radical (unpaired) electrons. The van der Waals surface area contributed by atoms with Crippen molar-refractivity contribution in [2.45, 2.75) is 0 Å². The van der Waals surface area contributed by atoms with Crippen LogP contribution in [0.3, 0.4) is 0 Å². The molecule has 0 unspecified atom stereocenters. The average molecular weight is 527 g/mol. The van der Waals surface area contributed by atoms with E-state index in [0.29, 0.717) is 43.2 Å². The summed E-state index contributed by atoms with van der Waals surface area (Å²) in [6.07, 6.45) is 2.85. The van der Waals surface area contributed by atoms with E-state index in [-0.39, 0.29) is 34.7 Å². The summed E-state index contributed by atoms with van der Waals surface area (Å²) < 4.78 is 26.0. The normalized spacial score (nSPS) is 13.5. The maximum atomic E-state index is 13.9. The second kappa shape index (κ2) is 10.0.